The molecule has 1 aromatic carbocycles. The van der Waals surface area contributed by atoms with Crippen LogP contribution in [0.15, 0.2) is 47.1 Å². The first kappa shape index (κ1) is 15.6. The molecule has 3 aromatic rings. The van der Waals surface area contributed by atoms with Gasteiger partial charge >= 0.3 is 0 Å². The van der Waals surface area contributed by atoms with E-state index >= 15 is 0 Å². The van der Waals surface area contributed by atoms with Crippen LogP contribution in [0, 0.1) is 6.92 Å². The number of hydrogen-bond donors (Lipinski definition) is 2. The number of nitrogens with zero attached hydrogens (tertiary/aromatic N) is 3. The molecule has 0 aliphatic carbocycles. The van der Waals surface area contributed by atoms with Crippen LogP contribution in [-0.4, -0.2) is 32.7 Å². The molecule has 128 valence electrons. The molecule has 1 aliphatic rings. The Balaban J connectivity index is 1.62. The molecule has 2 aromatic heterocycles. The van der Waals surface area contributed by atoms with Crippen LogP contribution in [0.4, 0.5) is 5.82 Å². The van der Waals surface area contributed by atoms with Crippen molar-refractivity contribution in [3.05, 3.63) is 65.2 Å². The number of nitrogens with one attached hydrogen (secondary N) is 2. The fourth-order valence-corrected chi connectivity index (χ4v) is 3.25. The summed E-state index contributed by atoms with van der Waals surface area (Å²) in [6, 6.07) is 11.1. The summed E-state index contributed by atoms with van der Waals surface area (Å²) in [6.45, 7) is 3.25. The van der Waals surface area contributed by atoms with Crippen LogP contribution >= 0.6 is 0 Å². The van der Waals surface area contributed by atoms with Gasteiger partial charge in [0.15, 0.2) is 5.82 Å². The maximum Gasteiger partial charge on any atom is 0.247 e. The molecule has 2 N–H and O–H groups in total. The van der Waals surface area contributed by atoms with E-state index in [1.54, 1.807) is 13.0 Å². The molecule has 0 radical (unpaired) electrons. The Morgan fingerprint density at radius 1 is 1.36 bits per heavy atom. The summed E-state index contributed by atoms with van der Waals surface area (Å²) in [4.78, 5) is 15.2. The van der Waals surface area contributed by atoms with E-state index in [0.717, 1.165) is 29.8 Å². The smallest absolute Gasteiger partial charge is 0.247 e. The van der Waals surface area contributed by atoms with Crippen LogP contribution in [0.5, 0.6) is 0 Å². The van der Waals surface area contributed by atoms with Gasteiger partial charge in [0.2, 0.25) is 5.91 Å². The molecule has 25 heavy (non-hydrogen) atoms. The Labute approximate surface area is 145 Å². The SMILES string of the molecule is Cc1cc(NC(=O)C(c2ccccc2)N2CCc3[nH]ncc3C2)no1. The third kappa shape index (κ3) is 3.18. The van der Waals surface area contributed by atoms with Crippen LogP contribution in [0.25, 0.3) is 0 Å². The number of carbonyl (C=O) groups is 1. The largest absolute Gasteiger partial charge is 0.360 e. The summed E-state index contributed by atoms with van der Waals surface area (Å²) in [5.74, 6) is 0.975. The van der Waals surface area contributed by atoms with Gasteiger partial charge in [-0.05, 0) is 12.5 Å². The predicted octanol–water partition coefficient (Wildman–Crippen LogP) is 2.44. The molecule has 1 aliphatic heterocycles. The molecule has 1 amide bonds. The van der Waals surface area contributed by atoms with Gasteiger partial charge in [-0.1, -0.05) is 35.5 Å². The van der Waals surface area contributed by atoms with Crippen LogP contribution in [0.3, 0.4) is 0 Å². The van der Waals surface area contributed by atoms with E-state index in [4.69, 9.17) is 4.52 Å². The van der Waals surface area contributed by atoms with Crippen LogP contribution < -0.4 is 5.32 Å². The highest BCUT2D eigenvalue weighted by atomic mass is 16.5. The van der Waals surface area contributed by atoms with Gasteiger partial charge < -0.3 is 9.84 Å². The zero-order valence-electron chi connectivity index (χ0n) is 13.9. The van der Waals surface area contributed by atoms with Crippen molar-refractivity contribution in [1.82, 2.24) is 20.3 Å². The lowest BCUT2D eigenvalue weighted by atomic mass is 10.00. The van der Waals surface area contributed by atoms with Gasteiger partial charge in [-0.15, -0.1) is 0 Å². The van der Waals surface area contributed by atoms with Crippen molar-refractivity contribution < 1.29 is 9.32 Å². The lowest BCUT2D eigenvalue weighted by Crippen LogP contribution is -2.40. The number of carbonyl (C=O) groups excluding carboxylic acids is 1. The Kier molecular flexibility index (Phi) is 4.07. The first-order chi connectivity index (χ1) is 12.2. The standard InChI is InChI=1S/C18H19N5O2/c1-12-9-16(22-25-12)20-18(24)17(13-5-3-2-4-6-13)23-8-7-15-14(11-23)10-19-21-15/h2-6,9-10,17H,7-8,11H2,1H3,(H,19,21)(H,20,22,24). The van der Waals surface area contributed by atoms with E-state index < -0.39 is 6.04 Å². The van der Waals surface area contributed by atoms with Gasteiger partial charge in [0.1, 0.15) is 11.8 Å². The lowest BCUT2D eigenvalue weighted by Gasteiger charge is -2.33. The molecule has 0 saturated heterocycles. The molecule has 0 fully saturated rings. The maximum atomic E-state index is 13.0. The highest BCUT2D eigenvalue weighted by Crippen LogP contribution is 2.28. The highest BCUT2D eigenvalue weighted by molar-refractivity contribution is 5.94. The summed E-state index contributed by atoms with van der Waals surface area (Å²) in [6.07, 6.45) is 2.68. The van der Waals surface area contributed by atoms with Crippen molar-refractivity contribution in [2.45, 2.75) is 25.9 Å². The lowest BCUT2D eigenvalue weighted by molar-refractivity contribution is -0.122. The molecule has 0 spiro atoms. The van der Waals surface area contributed by atoms with Crippen LogP contribution in [-0.2, 0) is 17.8 Å². The number of benzene rings is 1. The number of H-pyrrole nitrogens is 1. The second-order valence-electron chi connectivity index (χ2n) is 6.22. The Morgan fingerprint density at radius 3 is 2.96 bits per heavy atom. The van der Waals surface area contributed by atoms with Crippen molar-refractivity contribution in [3.63, 3.8) is 0 Å². The molecule has 0 saturated carbocycles. The Bertz CT molecular complexity index is 870. The zero-order chi connectivity index (χ0) is 17.2. The van der Waals surface area contributed by atoms with E-state index in [1.165, 1.54) is 0 Å². The predicted molar refractivity (Wildman–Crippen MR) is 91.8 cm³/mol. The number of aromatic amines is 1. The fraction of sp³-hybridized carbons (Fsp3) is 0.278. The molecule has 7 heteroatoms. The second kappa shape index (κ2) is 6.52. The van der Waals surface area contributed by atoms with E-state index in [2.05, 4.69) is 25.6 Å². The zero-order valence-corrected chi connectivity index (χ0v) is 13.9. The number of amides is 1. The van der Waals surface area contributed by atoms with Gasteiger partial charge in [0.25, 0.3) is 0 Å². The van der Waals surface area contributed by atoms with E-state index in [-0.39, 0.29) is 5.91 Å². The first-order valence-electron chi connectivity index (χ1n) is 8.25. The van der Waals surface area contributed by atoms with Crippen molar-refractivity contribution in [1.29, 1.82) is 0 Å². The van der Waals surface area contributed by atoms with Gasteiger partial charge in [-0.25, -0.2) is 0 Å². The van der Waals surface area contributed by atoms with E-state index in [9.17, 15) is 4.79 Å². The van der Waals surface area contributed by atoms with Crippen molar-refractivity contribution in [3.8, 4) is 0 Å². The van der Waals surface area contributed by atoms with Crippen LogP contribution in [0.2, 0.25) is 0 Å². The highest BCUT2D eigenvalue weighted by Gasteiger charge is 2.31. The minimum absolute atomic E-state index is 0.119. The fourth-order valence-electron chi connectivity index (χ4n) is 3.25. The molecule has 0 bridgehead atoms. The van der Waals surface area contributed by atoms with E-state index in [0.29, 0.717) is 18.1 Å². The number of hydrogen-bond acceptors (Lipinski definition) is 5. The summed E-state index contributed by atoms with van der Waals surface area (Å²) in [7, 11) is 0. The Morgan fingerprint density at radius 2 is 2.20 bits per heavy atom. The monoisotopic (exact) mass is 337 g/mol. The summed E-state index contributed by atoms with van der Waals surface area (Å²) < 4.78 is 5.04. The number of aryl methyl sites for hydroxylation is 1. The topological polar surface area (TPSA) is 87.0 Å². The maximum absolute atomic E-state index is 13.0. The molecular weight excluding hydrogens is 318 g/mol. The average Bonchev–Trinajstić information content (AvgIpc) is 3.24. The average molecular weight is 337 g/mol. The molecule has 3 heterocycles. The van der Waals surface area contributed by atoms with Crippen molar-refractivity contribution in [2.24, 2.45) is 0 Å². The van der Waals surface area contributed by atoms with Gasteiger partial charge in [-0.3, -0.25) is 14.8 Å². The van der Waals surface area contributed by atoms with Crippen molar-refractivity contribution >= 4 is 11.7 Å². The third-order valence-corrected chi connectivity index (χ3v) is 4.44. The minimum atomic E-state index is -0.402. The molecule has 1 atom stereocenters. The number of anilines is 1. The minimum Gasteiger partial charge on any atom is -0.360 e. The van der Waals surface area contributed by atoms with Gasteiger partial charge in [0, 0.05) is 36.8 Å². The summed E-state index contributed by atoms with van der Waals surface area (Å²) in [5, 5.41) is 13.9. The van der Waals surface area contributed by atoms with Crippen molar-refractivity contribution in [2.75, 3.05) is 11.9 Å². The first-order valence-corrected chi connectivity index (χ1v) is 8.25. The number of fused-ring (bicyclic) bond motifs is 1. The third-order valence-electron chi connectivity index (χ3n) is 4.44. The quantitative estimate of drug-likeness (QED) is 0.763. The molecular formula is C18H19N5O2. The summed E-state index contributed by atoms with van der Waals surface area (Å²) in [5.41, 5.74) is 3.24. The van der Waals surface area contributed by atoms with Gasteiger partial charge in [0.05, 0.1) is 6.20 Å². The normalized spacial score (nSPS) is 15.6. The Hall–Kier alpha value is -2.93. The number of aromatic nitrogens is 3. The van der Waals surface area contributed by atoms with E-state index in [1.807, 2.05) is 36.5 Å². The number of rotatable bonds is 4. The summed E-state index contributed by atoms with van der Waals surface area (Å²) >= 11 is 0. The molecule has 1 unspecified atom stereocenters. The second-order valence-corrected chi connectivity index (χ2v) is 6.22. The molecule has 4 rings (SSSR count). The van der Waals surface area contributed by atoms with Crippen LogP contribution in [0.1, 0.15) is 28.6 Å². The molecule has 7 nitrogen and oxygen atoms in total. The van der Waals surface area contributed by atoms with Gasteiger partial charge in [-0.2, -0.15) is 5.10 Å².